The molecular formula is C16H17ClFNO. The molecule has 2 aromatic carbocycles. The monoisotopic (exact) mass is 293 g/mol. The van der Waals surface area contributed by atoms with E-state index >= 15 is 0 Å². The molecule has 106 valence electrons. The zero-order valence-corrected chi connectivity index (χ0v) is 12.2. The van der Waals surface area contributed by atoms with Crippen LogP contribution in [0.2, 0.25) is 5.02 Å². The van der Waals surface area contributed by atoms with Gasteiger partial charge in [-0.1, -0.05) is 29.8 Å². The van der Waals surface area contributed by atoms with Gasteiger partial charge in [0, 0.05) is 6.54 Å². The van der Waals surface area contributed by atoms with Crippen molar-refractivity contribution in [3.8, 4) is 0 Å². The van der Waals surface area contributed by atoms with E-state index in [1.165, 1.54) is 6.07 Å². The number of aliphatic hydroxyl groups is 1. The molecule has 1 N–H and O–H groups in total. The van der Waals surface area contributed by atoms with Gasteiger partial charge in [0.2, 0.25) is 0 Å². The molecule has 0 fully saturated rings. The van der Waals surface area contributed by atoms with Crippen molar-refractivity contribution in [2.45, 2.75) is 20.0 Å². The highest BCUT2D eigenvalue weighted by Gasteiger charge is 2.15. The Kier molecular flexibility index (Phi) is 4.63. The Bertz CT molecular complexity index is 601. The number of benzene rings is 2. The van der Waals surface area contributed by atoms with Gasteiger partial charge in [-0.15, -0.1) is 0 Å². The third kappa shape index (κ3) is 2.94. The van der Waals surface area contributed by atoms with Crippen LogP contribution in [0.25, 0.3) is 0 Å². The van der Waals surface area contributed by atoms with Gasteiger partial charge in [0.15, 0.2) is 0 Å². The lowest BCUT2D eigenvalue weighted by Gasteiger charge is -2.25. The summed E-state index contributed by atoms with van der Waals surface area (Å²) in [7, 11) is 0. The van der Waals surface area contributed by atoms with Crippen LogP contribution in [0.15, 0.2) is 42.5 Å². The highest BCUT2D eigenvalue weighted by Crippen LogP contribution is 2.34. The molecule has 4 heteroatoms. The fraction of sp³-hybridized carbons (Fsp3) is 0.250. The van der Waals surface area contributed by atoms with Gasteiger partial charge in [-0.2, -0.15) is 0 Å². The van der Waals surface area contributed by atoms with Crippen molar-refractivity contribution in [1.29, 1.82) is 0 Å². The molecule has 2 nitrogen and oxygen atoms in total. The molecule has 0 heterocycles. The summed E-state index contributed by atoms with van der Waals surface area (Å²) in [5.74, 6) is -0.287. The summed E-state index contributed by atoms with van der Waals surface area (Å²) in [5, 5.41) is 10.1. The normalized spacial score (nSPS) is 12.2. The molecule has 2 rings (SSSR count). The molecule has 0 aliphatic rings. The van der Waals surface area contributed by atoms with Gasteiger partial charge in [-0.25, -0.2) is 4.39 Å². The maximum absolute atomic E-state index is 13.9. The molecule has 1 atom stereocenters. The van der Waals surface area contributed by atoms with Gasteiger partial charge in [-0.05, 0) is 43.7 Å². The number of hydrogen-bond acceptors (Lipinski definition) is 2. The van der Waals surface area contributed by atoms with E-state index in [0.29, 0.717) is 17.3 Å². The first kappa shape index (κ1) is 14.8. The Labute approximate surface area is 123 Å². The highest BCUT2D eigenvalue weighted by molar-refractivity contribution is 6.33. The van der Waals surface area contributed by atoms with E-state index in [2.05, 4.69) is 0 Å². The van der Waals surface area contributed by atoms with Crippen molar-refractivity contribution < 1.29 is 9.50 Å². The predicted molar refractivity (Wildman–Crippen MR) is 81.2 cm³/mol. The van der Waals surface area contributed by atoms with Crippen LogP contribution in [0.5, 0.6) is 0 Å². The Balaban J connectivity index is 2.45. The lowest BCUT2D eigenvalue weighted by molar-refractivity contribution is 0.199. The van der Waals surface area contributed by atoms with E-state index in [9.17, 15) is 9.50 Å². The van der Waals surface area contributed by atoms with Crippen molar-refractivity contribution in [2.24, 2.45) is 0 Å². The predicted octanol–water partition coefficient (Wildman–Crippen LogP) is 4.69. The number of hydrogen-bond donors (Lipinski definition) is 1. The van der Waals surface area contributed by atoms with Gasteiger partial charge >= 0.3 is 0 Å². The van der Waals surface area contributed by atoms with Crippen LogP contribution in [0.1, 0.15) is 25.5 Å². The van der Waals surface area contributed by atoms with Crippen molar-refractivity contribution in [3.63, 3.8) is 0 Å². The van der Waals surface area contributed by atoms with Crippen molar-refractivity contribution in [2.75, 3.05) is 11.4 Å². The van der Waals surface area contributed by atoms with Gasteiger partial charge in [0.05, 0.1) is 22.5 Å². The molecule has 0 aromatic heterocycles. The second kappa shape index (κ2) is 6.25. The highest BCUT2D eigenvalue weighted by atomic mass is 35.5. The van der Waals surface area contributed by atoms with Crippen LogP contribution < -0.4 is 4.90 Å². The van der Waals surface area contributed by atoms with Crippen LogP contribution in [0.3, 0.4) is 0 Å². The van der Waals surface area contributed by atoms with Crippen LogP contribution in [-0.2, 0) is 0 Å². The zero-order valence-electron chi connectivity index (χ0n) is 11.5. The molecule has 0 amide bonds. The summed E-state index contributed by atoms with van der Waals surface area (Å²) in [6, 6.07) is 11.9. The maximum Gasteiger partial charge on any atom is 0.146 e. The van der Waals surface area contributed by atoms with Gasteiger partial charge in [0.25, 0.3) is 0 Å². The van der Waals surface area contributed by atoms with Crippen molar-refractivity contribution in [1.82, 2.24) is 0 Å². The third-order valence-corrected chi connectivity index (χ3v) is 3.51. The van der Waals surface area contributed by atoms with Gasteiger partial charge in [-0.3, -0.25) is 0 Å². The summed E-state index contributed by atoms with van der Waals surface area (Å²) in [4.78, 5) is 1.81. The summed E-state index contributed by atoms with van der Waals surface area (Å²) in [6.45, 7) is 4.21. The molecule has 0 radical (unpaired) electrons. The van der Waals surface area contributed by atoms with E-state index in [4.69, 9.17) is 11.6 Å². The molecule has 0 saturated carbocycles. The molecule has 0 aliphatic carbocycles. The first-order chi connectivity index (χ1) is 9.54. The largest absolute Gasteiger partial charge is 0.389 e. The Hall–Kier alpha value is -1.58. The minimum Gasteiger partial charge on any atom is -0.389 e. The zero-order chi connectivity index (χ0) is 14.7. The molecule has 2 aromatic rings. The molecule has 0 bridgehead atoms. The molecular weight excluding hydrogens is 277 g/mol. The number of aliphatic hydroxyl groups excluding tert-OH is 1. The minimum atomic E-state index is -0.579. The van der Waals surface area contributed by atoms with E-state index in [-0.39, 0.29) is 5.82 Å². The Morgan fingerprint density at radius 3 is 2.45 bits per heavy atom. The topological polar surface area (TPSA) is 23.5 Å². The number of anilines is 2. The summed E-state index contributed by atoms with van der Waals surface area (Å²) >= 11 is 6.27. The van der Waals surface area contributed by atoms with Crippen LogP contribution in [-0.4, -0.2) is 11.7 Å². The number of para-hydroxylation sites is 1. The standard InChI is InChI=1S/C16H17ClFNO/c1-3-19(16-7-5-4-6-14(16)18)15-9-8-12(11(2)20)10-13(15)17/h4-11,20H,3H2,1-2H3/t11-/m0/s1. The van der Waals surface area contributed by atoms with E-state index in [0.717, 1.165) is 11.3 Å². The lowest BCUT2D eigenvalue weighted by Crippen LogP contribution is -2.17. The SMILES string of the molecule is CCN(c1ccccc1F)c1ccc([C@H](C)O)cc1Cl. The fourth-order valence-corrected chi connectivity index (χ4v) is 2.43. The van der Waals surface area contributed by atoms with E-state index in [1.54, 1.807) is 43.3 Å². The van der Waals surface area contributed by atoms with Gasteiger partial charge < -0.3 is 10.0 Å². The molecule has 20 heavy (non-hydrogen) atoms. The van der Waals surface area contributed by atoms with E-state index < -0.39 is 6.10 Å². The Morgan fingerprint density at radius 2 is 1.90 bits per heavy atom. The second-order valence-corrected chi connectivity index (χ2v) is 4.99. The quantitative estimate of drug-likeness (QED) is 0.884. The van der Waals surface area contributed by atoms with Gasteiger partial charge in [0.1, 0.15) is 5.82 Å². The molecule has 0 unspecified atom stereocenters. The lowest BCUT2D eigenvalue weighted by atomic mass is 10.1. The molecule has 0 spiro atoms. The molecule has 0 saturated heterocycles. The summed E-state index contributed by atoms with van der Waals surface area (Å²) < 4.78 is 13.9. The van der Waals surface area contributed by atoms with Crippen molar-refractivity contribution in [3.05, 3.63) is 58.9 Å². The number of rotatable bonds is 4. The van der Waals surface area contributed by atoms with Crippen LogP contribution >= 0.6 is 11.6 Å². The van der Waals surface area contributed by atoms with Crippen molar-refractivity contribution >= 4 is 23.0 Å². The van der Waals surface area contributed by atoms with Crippen LogP contribution in [0.4, 0.5) is 15.8 Å². The molecule has 0 aliphatic heterocycles. The summed E-state index contributed by atoms with van der Waals surface area (Å²) in [6.07, 6.45) is -0.579. The summed E-state index contributed by atoms with van der Waals surface area (Å²) in [5.41, 5.74) is 1.95. The average Bonchev–Trinajstić information content (AvgIpc) is 2.43. The first-order valence-electron chi connectivity index (χ1n) is 6.54. The minimum absolute atomic E-state index is 0.287. The second-order valence-electron chi connectivity index (χ2n) is 4.58. The maximum atomic E-state index is 13.9. The first-order valence-corrected chi connectivity index (χ1v) is 6.92. The van der Waals surface area contributed by atoms with Crippen LogP contribution in [0, 0.1) is 5.82 Å². The number of halogens is 2. The van der Waals surface area contributed by atoms with E-state index in [1.807, 2.05) is 11.8 Å². The fourth-order valence-electron chi connectivity index (χ4n) is 2.14. The Morgan fingerprint density at radius 1 is 1.20 bits per heavy atom. The third-order valence-electron chi connectivity index (χ3n) is 3.20. The number of nitrogens with zero attached hydrogens (tertiary/aromatic N) is 1. The average molecular weight is 294 g/mol. The smallest absolute Gasteiger partial charge is 0.146 e.